The van der Waals surface area contributed by atoms with Crippen LogP contribution in [0.25, 0.3) is 0 Å². The van der Waals surface area contributed by atoms with E-state index in [1.807, 2.05) is 38.2 Å². The molecule has 4 heterocycles. The average molecular weight is 474 g/mol. The summed E-state index contributed by atoms with van der Waals surface area (Å²) >= 11 is 0. The smallest absolute Gasteiger partial charge is 0.249 e. The number of nitrogens with zero attached hydrogens (tertiary/aromatic N) is 3. The molecule has 3 amide bonds. The Morgan fingerprint density at radius 1 is 0.971 bits per heavy atom. The predicted molar refractivity (Wildman–Crippen MR) is 128 cm³/mol. The number of carbonyl (C=O) groups excluding carboxylic acids is 3. The average Bonchev–Trinajstić information content (AvgIpc) is 3.14. The lowest BCUT2D eigenvalue weighted by Crippen LogP contribution is -2.58. The van der Waals surface area contributed by atoms with E-state index < -0.39 is 35.1 Å². The minimum absolute atomic E-state index is 0.0888. The van der Waals surface area contributed by atoms with Crippen LogP contribution in [0.1, 0.15) is 53.4 Å². The van der Waals surface area contributed by atoms with Crippen molar-refractivity contribution in [1.82, 2.24) is 14.7 Å². The van der Waals surface area contributed by atoms with Gasteiger partial charge in [0.25, 0.3) is 0 Å². The Hall–Kier alpha value is -2.19. The molecule has 4 aliphatic rings. The number of aliphatic hydroxyl groups is 1. The minimum Gasteiger partial charge on any atom is -0.394 e. The topological polar surface area (TPSA) is 90.4 Å². The molecule has 2 saturated heterocycles. The Bertz CT molecular complexity index is 888. The van der Waals surface area contributed by atoms with E-state index in [4.69, 9.17) is 4.74 Å². The van der Waals surface area contributed by atoms with Gasteiger partial charge in [-0.05, 0) is 26.2 Å². The monoisotopic (exact) mass is 473 g/mol. The van der Waals surface area contributed by atoms with Crippen LogP contribution in [0.5, 0.6) is 0 Å². The molecule has 1 N–H and O–H groups in total. The van der Waals surface area contributed by atoms with Gasteiger partial charge in [0.1, 0.15) is 11.6 Å². The molecule has 34 heavy (non-hydrogen) atoms. The predicted octanol–water partition coefficient (Wildman–Crippen LogP) is 1.74. The van der Waals surface area contributed by atoms with Crippen LogP contribution in [-0.4, -0.2) is 93.6 Å². The molecule has 0 bridgehead atoms. The Morgan fingerprint density at radius 3 is 2.26 bits per heavy atom. The van der Waals surface area contributed by atoms with Crippen LogP contribution in [0.2, 0.25) is 0 Å². The van der Waals surface area contributed by atoms with Crippen LogP contribution in [0.3, 0.4) is 0 Å². The summed E-state index contributed by atoms with van der Waals surface area (Å²) in [5, 5.41) is 10.0. The molecular weight excluding hydrogens is 434 g/mol. The van der Waals surface area contributed by atoms with Crippen LogP contribution in [-0.2, 0) is 19.1 Å². The Kier molecular flexibility index (Phi) is 6.93. The number of carbonyl (C=O) groups is 3. The number of hydrogen-bond donors (Lipinski definition) is 1. The van der Waals surface area contributed by atoms with E-state index in [0.717, 1.165) is 19.3 Å². The van der Waals surface area contributed by atoms with Crippen molar-refractivity contribution in [3.8, 4) is 0 Å². The number of rotatable bonds is 8. The van der Waals surface area contributed by atoms with Gasteiger partial charge < -0.3 is 24.5 Å². The molecule has 0 saturated carbocycles. The van der Waals surface area contributed by atoms with Gasteiger partial charge in [-0.2, -0.15) is 0 Å². The summed E-state index contributed by atoms with van der Waals surface area (Å²) in [6.07, 6.45) is 10.9. The number of ether oxygens (including phenoxy) is 1. The zero-order valence-electron chi connectivity index (χ0n) is 20.9. The van der Waals surface area contributed by atoms with E-state index >= 15 is 0 Å². The molecule has 0 aromatic rings. The second-order valence-electron chi connectivity index (χ2n) is 10.1. The first-order valence-corrected chi connectivity index (χ1v) is 12.9. The first-order chi connectivity index (χ1) is 16.3. The Balaban J connectivity index is 1.87. The van der Waals surface area contributed by atoms with E-state index in [0.29, 0.717) is 32.6 Å². The lowest BCUT2D eigenvalue weighted by Gasteiger charge is -2.40. The van der Waals surface area contributed by atoms with E-state index in [2.05, 4.69) is 6.92 Å². The van der Waals surface area contributed by atoms with E-state index in [1.54, 1.807) is 16.7 Å². The fraction of sp³-hybridized carbons (Fsp3) is 0.731. The lowest BCUT2D eigenvalue weighted by molar-refractivity contribution is -0.156. The highest BCUT2D eigenvalue weighted by Crippen LogP contribution is 2.58. The number of likely N-dealkylation sites (tertiary alicyclic amines) is 1. The van der Waals surface area contributed by atoms with Crippen molar-refractivity contribution in [2.45, 2.75) is 76.7 Å². The highest BCUT2D eigenvalue weighted by atomic mass is 16.5. The third-order valence-corrected chi connectivity index (χ3v) is 8.06. The number of hydrogen-bond acceptors (Lipinski definition) is 5. The minimum atomic E-state index is -1.24. The summed E-state index contributed by atoms with van der Waals surface area (Å²) in [4.78, 5) is 47.1. The molecule has 0 radical (unpaired) electrons. The molecule has 188 valence electrons. The van der Waals surface area contributed by atoms with Crippen LogP contribution >= 0.6 is 0 Å². The molecule has 4 rings (SSSR count). The van der Waals surface area contributed by atoms with Gasteiger partial charge in [-0.15, -0.1) is 0 Å². The van der Waals surface area contributed by atoms with Gasteiger partial charge in [0, 0.05) is 26.2 Å². The Labute approximate surface area is 202 Å². The largest absolute Gasteiger partial charge is 0.394 e. The molecule has 0 aromatic carbocycles. The Morgan fingerprint density at radius 2 is 1.65 bits per heavy atom. The first-order valence-electron chi connectivity index (χ1n) is 12.9. The van der Waals surface area contributed by atoms with Gasteiger partial charge in [-0.3, -0.25) is 14.4 Å². The highest BCUT2D eigenvalue weighted by Gasteiger charge is 2.75. The summed E-state index contributed by atoms with van der Waals surface area (Å²) in [5.41, 5.74) is -2.19. The molecule has 8 heteroatoms. The molecule has 0 aromatic heterocycles. The molecule has 1 unspecified atom stereocenters. The summed E-state index contributed by atoms with van der Waals surface area (Å²) in [5.74, 6) is -2.06. The van der Waals surface area contributed by atoms with Gasteiger partial charge >= 0.3 is 0 Å². The van der Waals surface area contributed by atoms with E-state index in [1.165, 1.54) is 4.90 Å². The number of aliphatic hydroxyl groups excluding tert-OH is 1. The third-order valence-electron chi connectivity index (χ3n) is 8.06. The number of fused-ring (bicyclic) bond motifs is 2. The second-order valence-corrected chi connectivity index (χ2v) is 10.1. The maximum Gasteiger partial charge on any atom is 0.249 e. The third kappa shape index (κ3) is 3.52. The molecule has 0 aliphatic carbocycles. The maximum absolute atomic E-state index is 14.1. The first kappa shape index (κ1) is 24.9. The highest BCUT2D eigenvalue weighted by molar-refractivity contribution is 6.00. The molecular formula is C26H39N3O5. The van der Waals surface area contributed by atoms with Crippen molar-refractivity contribution >= 4 is 17.7 Å². The SMILES string of the molecule is CCCCN1CC=C[C@]23O[C@]4(CC)C=CCN(CCC)C(=O)[C@@H]4[C@H]2C(=O)N([C@H](C)CO)C3C1=O. The summed E-state index contributed by atoms with van der Waals surface area (Å²) in [6, 6.07) is -1.47. The van der Waals surface area contributed by atoms with Gasteiger partial charge in [-0.1, -0.05) is 51.5 Å². The van der Waals surface area contributed by atoms with Crippen molar-refractivity contribution in [3.63, 3.8) is 0 Å². The van der Waals surface area contributed by atoms with Gasteiger partial charge in [0.05, 0.1) is 30.1 Å². The quantitative estimate of drug-likeness (QED) is 0.543. The van der Waals surface area contributed by atoms with Gasteiger partial charge in [0.2, 0.25) is 17.7 Å². The van der Waals surface area contributed by atoms with Crippen LogP contribution in [0.4, 0.5) is 0 Å². The zero-order valence-corrected chi connectivity index (χ0v) is 20.9. The molecule has 2 fully saturated rings. The zero-order chi connectivity index (χ0) is 24.7. The summed E-state index contributed by atoms with van der Waals surface area (Å²) in [6.45, 7) is 9.69. The lowest BCUT2D eigenvalue weighted by atomic mass is 9.73. The van der Waals surface area contributed by atoms with Crippen LogP contribution in [0.15, 0.2) is 24.3 Å². The normalized spacial score (nSPS) is 35.9. The molecule has 4 aliphatic heterocycles. The van der Waals surface area contributed by atoms with Crippen molar-refractivity contribution in [1.29, 1.82) is 0 Å². The fourth-order valence-corrected chi connectivity index (χ4v) is 6.38. The van der Waals surface area contributed by atoms with Gasteiger partial charge in [-0.25, -0.2) is 0 Å². The fourth-order valence-electron chi connectivity index (χ4n) is 6.38. The number of amides is 3. The van der Waals surface area contributed by atoms with Crippen LogP contribution in [0, 0.1) is 11.8 Å². The summed E-state index contributed by atoms with van der Waals surface area (Å²) in [7, 11) is 0. The van der Waals surface area contributed by atoms with Crippen molar-refractivity contribution < 1.29 is 24.2 Å². The molecule has 8 nitrogen and oxygen atoms in total. The number of unbranched alkanes of at least 4 members (excludes halogenated alkanes) is 1. The van der Waals surface area contributed by atoms with E-state index in [-0.39, 0.29) is 24.3 Å². The van der Waals surface area contributed by atoms with Crippen LogP contribution < -0.4 is 0 Å². The summed E-state index contributed by atoms with van der Waals surface area (Å²) < 4.78 is 6.88. The van der Waals surface area contributed by atoms with Crippen molar-refractivity contribution in [2.24, 2.45) is 11.8 Å². The molecule has 1 spiro atoms. The van der Waals surface area contributed by atoms with Gasteiger partial charge in [0.15, 0.2) is 0 Å². The van der Waals surface area contributed by atoms with Crippen molar-refractivity contribution in [2.75, 3.05) is 32.8 Å². The maximum atomic E-state index is 14.1. The standard InChI is InChI=1S/C26H39N3O5/c1-5-8-14-28-16-10-12-26-20(23(32)29(18(4)17-30)21(26)24(28)33)19-22(31)27(13-6-2)15-9-11-25(19,7-3)34-26/h9-12,18-21,30H,5-8,13-17H2,1-4H3/t18-,19+,20+,21?,25-,26+/m1/s1. The molecule has 6 atom stereocenters. The van der Waals surface area contributed by atoms with Crippen molar-refractivity contribution in [3.05, 3.63) is 24.3 Å². The van der Waals surface area contributed by atoms with E-state index in [9.17, 15) is 19.5 Å². The second kappa shape index (κ2) is 9.46.